The van der Waals surface area contributed by atoms with Crippen LogP contribution >= 0.6 is 11.8 Å². The van der Waals surface area contributed by atoms with Crippen molar-refractivity contribution in [3.05, 3.63) is 39.9 Å². The molecule has 9 nitrogen and oxygen atoms in total. The molecule has 33 heavy (non-hydrogen) atoms. The van der Waals surface area contributed by atoms with E-state index in [1.165, 1.54) is 23.9 Å². The van der Waals surface area contributed by atoms with E-state index in [4.69, 9.17) is 14.3 Å². The summed E-state index contributed by atoms with van der Waals surface area (Å²) >= 11 is 1.51. The third-order valence-corrected chi connectivity index (χ3v) is 11.8. The van der Waals surface area contributed by atoms with Gasteiger partial charge in [0, 0.05) is 36.2 Å². The van der Waals surface area contributed by atoms with E-state index in [0.717, 1.165) is 0 Å². The van der Waals surface area contributed by atoms with Crippen molar-refractivity contribution in [3.8, 4) is 0 Å². The SMILES string of the molecule is CC(C)(C)[Si](C)(C)OC1CC(CSCCC(=O)O)N(C(=O)OCc2ccc([N+](=O)[O-])cc2)C1. The quantitative estimate of drug-likeness (QED) is 0.209. The fourth-order valence-corrected chi connectivity index (χ4v) is 5.69. The van der Waals surface area contributed by atoms with Gasteiger partial charge in [-0.2, -0.15) is 11.8 Å². The maximum absolute atomic E-state index is 12.9. The third-order valence-electron chi connectivity index (χ3n) is 6.16. The number of nitrogens with zero attached hydrogens (tertiary/aromatic N) is 2. The van der Waals surface area contributed by atoms with Crippen LogP contribution in [0.5, 0.6) is 0 Å². The number of carbonyl (C=O) groups excluding carboxylic acids is 1. The molecule has 1 aromatic carbocycles. The van der Waals surface area contributed by atoms with Crippen LogP contribution in [-0.2, 0) is 20.6 Å². The molecule has 1 aromatic rings. The molecule has 1 saturated heterocycles. The summed E-state index contributed by atoms with van der Waals surface area (Å²) in [4.78, 5) is 35.7. The summed E-state index contributed by atoms with van der Waals surface area (Å²) in [5, 5.41) is 19.7. The van der Waals surface area contributed by atoms with Gasteiger partial charge in [0.1, 0.15) is 6.61 Å². The van der Waals surface area contributed by atoms with Gasteiger partial charge < -0.3 is 19.2 Å². The van der Waals surface area contributed by atoms with E-state index < -0.39 is 25.3 Å². The van der Waals surface area contributed by atoms with Crippen LogP contribution in [-0.4, -0.2) is 65.5 Å². The highest BCUT2D eigenvalue weighted by atomic mass is 32.2. The normalized spacial score (nSPS) is 18.9. The fraction of sp³-hybridized carbons (Fsp3) is 0.636. The molecule has 11 heteroatoms. The van der Waals surface area contributed by atoms with E-state index in [2.05, 4.69) is 33.9 Å². The third kappa shape index (κ3) is 8.00. The predicted octanol–water partition coefficient (Wildman–Crippen LogP) is 4.90. The van der Waals surface area contributed by atoms with Crippen molar-refractivity contribution in [2.24, 2.45) is 0 Å². The topological polar surface area (TPSA) is 119 Å². The van der Waals surface area contributed by atoms with Crippen molar-refractivity contribution in [2.45, 2.75) is 70.5 Å². The second-order valence-corrected chi connectivity index (χ2v) is 15.6. The number of hydrogen-bond acceptors (Lipinski definition) is 7. The van der Waals surface area contributed by atoms with Gasteiger partial charge >= 0.3 is 12.1 Å². The molecule has 1 aliphatic rings. The number of non-ortho nitro benzene ring substituents is 1. The Morgan fingerprint density at radius 3 is 2.45 bits per heavy atom. The zero-order valence-corrected chi connectivity index (χ0v) is 21.7. The van der Waals surface area contributed by atoms with Crippen LogP contribution in [0.4, 0.5) is 10.5 Å². The number of carboxylic acid groups (broad SMARTS) is 1. The molecule has 184 valence electrons. The molecule has 2 unspecified atom stereocenters. The molecule has 0 aliphatic carbocycles. The van der Waals surface area contributed by atoms with Crippen molar-refractivity contribution in [2.75, 3.05) is 18.1 Å². The van der Waals surface area contributed by atoms with Gasteiger partial charge in [-0.05, 0) is 42.2 Å². The summed E-state index contributed by atoms with van der Waals surface area (Å²) in [7, 11) is -2.02. The number of rotatable bonds is 10. The Kier molecular flexibility index (Phi) is 9.33. The van der Waals surface area contributed by atoms with Crippen molar-refractivity contribution in [1.29, 1.82) is 0 Å². The molecule has 0 radical (unpaired) electrons. The lowest BCUT2D eigenvalue weighted by atomic mass is 10.2. The number of hydrogen-bond donors (Lipinski definition) is 1. The van der Waals surface area contributed by atoms with Crippen LogP contribution in [0.25, 0.3) is 0 Å². The Morgan fingerprint density at radius 2 is 1.91 bits per heavy atom. The predicted molar refractivity (Wildman–Crippen MR) is 130 cm³/mol. The summed E-state index contributed by atoms with van der Waals surface area (Å²) < 4.78 is 12.0. The number of likely N-dealkylation sites (tertiary alicyclic amines) is 1. The number of aliphatic carboxylic acids is 1. The highest BCUT2D eigenvalue weighted by Crippen LogP contribution is 2.39. The van der Waals surface area contributed by atoms with Gasteiger partial charge in [0.05, 0.1) is 17.4 Å². The molecule has 0 spiro atoms. The zero-order valence-electron chi connectivity index (χ0n) is 19.9. The largest absolute Gasteiger partial charge is 0.481 e. The summed E-state index contributed by atoms with van der Waals surface area (Å²) in [5.74, 6) is 0.246. The van der Waals surface area contributed by atoms with Crippen molar-refractivity contribution in [3.63, 3.8) is 0 Å². The maximum Gasteiger partial charge on any atom is 0.410 e. The minimum Gasteiger partial charge on any atom is -0.481 e. The molecule has 2 atom stereocenters. The van der Waals surface area contributed by atoms with Gasteiger partial charge in [-0.1, -0.05) is 20.8 Å². The van der Waals surface area contributed by atoms with Crippen LogP contribution < -0.4 is 0 Å². The first-order valence-electron chi connectivity index (χ1n) is 10.9. The molecular weight excluding hydrogens is 464 g/mol. The minimum absolute atomic E-state index is 0.0139. The smallest absolute Gasteiger partial charge is 0.410 e. The number of nitro groups is 1. The number of amides is 1. The second-order valence-electron chi connectivity index (χ2n) is 9.74. The van der Waals surface area contributed by atoms with E-state index in [9.17, 15) is 19.7 Å². The lowest BCUT2D eigenvalue weighted by Crippen LogP contribution is -2.44. The summed E-state index contributed by atoms with van der Waals surface area (Å²) in [5.41, 5.74) is 0.642. The number of ether oxygens (including phenoxy) is 1. The average Bonchev–Trinajstić information content (AvgIpc) is 3.10. The highest BCUT2D eigenvalue weighted by molar-refractivity contribution is 7.99. The number of carboxylic acids is 1. The molecule has 0 saturated carbocycles. The lowest BCUT2D eigenvalue weighted by molar-refractivity contribution is -0.384. The average molecular weight is 499 g/mol. The molecule has 1 aliphatic heterocycles. The maximum atomic E-state index is 12.9. The number of benzene rings is 1. The Hall–Kier alpha value is -2.11. The minimum atomic E-state index is -2.02. The van der Waals surface area contributed by atoms with E-state index in [1.54, 1.807) is 17.0 Å². The van der Waals surface area contributed by atoms with Crippen molar-refractivity contribution < 1.29 is 28.8 Å². The summed E-state index contributed by atoms with van der Waals surface area (Å²) in [6, 6.07) is 5.78. The summed E-state index contributed by atoms with van der Waals surface area (Å²) in [6.45, 7) is 11.3. The van der Waals surface area contributed by atoms with Gasteiger partial charge in [0.2, 0.25) is 0 Å². The van der Waals surface area contributed by atoms with Gasteiger partial charge in [-0.25, -0.2) is 4.79 Å². The van der Waals surface area contributed by atoms with Crippen LogP contribution in [0, 0.1) is 10.1 Å². The zero-order chi connectivity index (χ0) is 24.8. The van der Waals surface area contributed by atoms with Crippen LogP contribution in [0.15, 0.2) is 24.3 Å². The Balaban J connectivity index is 2.02. The van der Waals surface area contributed by atoms with E-state index in [1.807, 2.05) is 0 Å². The van der Waals surface area contributed by atoms with E-state index in [0.29, 0.717) is 30.0 Å². The molecule has 1 amide bonds. The molecule has 1 fully saturated rings. The van der Waals surface area contributed by atoms with Crippen LogP contribution in [0.2, 0.25) is 18.1 Å². The van der Waals surface area contributed by atoms with Crippen molar-refractivity contribution >= 4 is 37.8 Å². The Bertz CT molecular complexity index is 842. The van der Waals surface area contributed by atoms with Crippen LogP contribution in [0.3, 0.4) is 0 Å². The second kappa shape index (κ2) is 11.3. The molecular formula is C22H34N2O7SSi. The first kappa shape index (κ1) is 27.1. The Labute approximate surface area is 200 Å². The Morgan fingerprint density at radius 1 is 1.27 bits per heavy atom. The van der Waals surface area contributed by atoms with Crippen LogP contribution in [0.1, 0.15) is 39.2 Å². The molecule has 0 aromatic heterocycles. The fourth-order valence-electron chi connectivity index (χ4n) is 3.25. The monoisotopic (exact) mass is 498 g/mol. The first-order valence-corrected chi connectivity index (χ1v) is 15.0. The molecule has 2 rings (SSSR count). The molecule has 1 heterocycles. The van der Waals surface area contributed by atoms with E-state index >= 15 is 0 Å². The van der Waals surface area contributed by atoms with Crippen molar-refractivity contribution in [1.82, 2.24) is 4.90 Å². The number of carbonyl (C=O) groups is 2. The van der Waals surface area contributed by atoms with Gasteiger partial charge in [-0.15, -0.1) is 0 Å². The molecule has 1 N–H and O–H groups in total. The number of nitro benzene ring substituents is 1. The molecule has 0 bridgehead atoms. The standard InChI is InChI=1S/C22H34N2O7SSi/c1-22(2,3)33(4,5)31-19-12-18(15-32-11-10-20(25)26)23(13-19)21(27)30-14-16-6-8-17(9-7-16)24(28)29/h6-9,18-19H,10-15H2,1-5H3,(H,25,26). The number of thioether (sulfide) groups is 1. The summed E-state index contributed by atoms with van der Waals surface area (Å²) in [6.07, 6.45) is 0.201. The lowest BCUT2D eigenvalue weighted by Gasteiger charge is -2.38. The van der Waals surface area contributed by atoms with Gasteiger partial charge in [0.25, 0.3) is 5.69 Å². The first-order chi connectivity index (χ1) is 15.3. The highest BCUT2D eigenvalue weighted by Gasteiger charge is 2.43. The van der Waals surface area contributed by atoms with Gasteiger partial charge in [0.15, 0.2) is 8.32 Å². The van der Waals surface area contributed by atoms with Gasteiger partial charge in [-0.3, -0.25) is 14.9 Å². The van der Waals surface area contributed by atoms with E-state index in [-0.39, 0.29) is 35.9 Å².